The van der Waals surface area contributed by atoms with Crippen molar-refractivity contribution in [2.75, 3.05) is 0 Å². The van der Waals surface area contributed by atoms with E-state index in [1.807, 2.05) is 42.5 Å². The third-order valence-electron chi connectivity index (χ3n) is 3.14. The van der Waals surface area contributed by atoms with Gasteiger partial charge >= 0.3 is 0 Å². The van der Waals surface area contributed by atoms with E-state index in [0.29, 0.717) is 16.4 Å². The van der Waals surface area contributed by atoms with E-state index in [-0.39, 0.29) is 5.91 Å². The lowest BCUT2D eigenvalue weighted by atomic mass is 10.1. The number of carbonyl (C=O) groups excluding carboxylic acids is 1. The van der Waals surface area contributed by atoms with Crippen LogP contribution in [0.15, 0.2) is 65.8 Å². The van der Waals surface area contributed by atoms with Gasteiger partial charge in [0.25, 0.3) is 5.91 Å². The molecule has 2 N–H and O–H groups in total. The number of nitrogens with one attached hydrogen (secondary N) is 2. The Morgan fingerprint density at radius 1 is 1.13 bits per heavy atom. The van der Waals surface area contributed by atoms with Crippen molar-refractivity contribution in [2.45, 2.75) is 0 Å². The zero-order valence-electron chi connectivity index (χ0n) is 12.0. The van der Waals surface area contributed by atoms with E-state index in [4.69, 9.17) is 11.6 Å². The van der Waals surface area contributed by atoms with Gasteiger partial charge in [0.15, 0.2) is 0 Å². The highest BCUT2D eigenvalue weighted by Gasteiger charge is 2.09. The van der Waals surface area contributed by atoms with Crippen LogP contribution < -0.4 is 5.43 Å². The van der Waals surface area contributed by atoms with Crippen molar-refractivity contribution in [3.8, 4) is 11.3 Å². The molecule has 0 spiro atoms. The number of H-pyrrole nitrogens is 1. The number of halogens is 1. The molecule has 0 bridgehead atoms. The van der Waals surface area contributed by atoms with Gasteiger partial charge in [-0.1, -0.05) is 54.1 Å². The van der Waals surface area contributed by atoms with Gasteiger partial charge in [0.05, 0.1) is 11.9 Å². The van der Waals surface area contributed by atoms with Crippen LogP contribution in [0.2, 0.25) is 5.02 Å². The van der Waals surface area contributed by atoms with Crippen molar-refractivity contribution in [2.24, 2.45) is 5.10 Å². The summed E-state index contributed by atoms with van der Waals surface area (Å²) < 4.78 is 0. The topological polar surface area (TPSA) is 70.1 Å². The second-order valence-electron chi connectivity index (χ2n) is 4.78. The molecule has 0 unspecified atom stereocenters. The number of carbonyl (C=O) groups is 1. The summed E-state index contributed by atoms with van der Waals surface area (Å²) in [6.07, 6.45) is 1.54. The summed E-state index contributed by atoms with van der Waals surface area (Å²) in [6, 6.07) is 18.4. The number of hydrazone groups is 1. The van der Waals surface area contributed by atoms with Crippen molar-refractivity contribution in [1.82, 2.24) is 15.6 Å². The van der Waals surface area contributed by atoms with Gasteiger partial charge in [0.2, 0.25) is 0 Å². The normalized spacial score (nSPS) is 10.8. The SMILES string of the molecule is O=C(N/N=C/c1ccc(Cl)cc1)c1cc(-c2ccccc2)n[nH]1. The summed E-state index contributed by atoms with van der Waals surface area (Å²) in [6.45, 7) is 0. The molecular weight excluding hydrogens is 312 g/mol. The standard InChI is InChI=1S/C17H13ClN4O/c18-14-8-6-12(7-9-14)11-19-22-17(23)16-10-15(20-21-16)13-4-2-1-3-5-13/h1-11H,(H,20,21)(H,22,23)/b19-11+. The quantitative estimate of drug-likeness (QED) is 0.569. The van der Waals surface area contributed by atoms with Gasteiger partial charge in [-0.3, -0.25) is 9.89 Å². The minimum atomic E-state index is -0.357. The van der Waals surface area contributed by atoms with Gasteiger partial charge in [-0.2, -0.15) is 10.2 Å². The van der Waals surface area contributed by atoms with Crippen LogP contribution in [-0.4, -0.2) is 22.3 Å². The van der Waals surface area contributed by atoms with Gasteiger partial charge < -0.3 is 0 Å². The van der Waals surface area contributed by atoms with Crippen LogP contribution in [0.1, 0.15) is 16.1 Å². The number of amides is 1. The van der Waals surface area contributed by atoms with Gasteiger partial charge in [-0.25, -0.2) is 5.43 Å². The Labute approximate surface area is 138 Å². The predicted molar refractivity (Wildman–Crippen MR) is 90.5 cm³/mol. The molecular formula is C17H13ClN4O. The van der Waals surface area contributed by atoms with Gasteiger partial charge in [-0.15, -0.1) is 0 Å². The first-order chi connectivity index (χ1) is 11.2. The molecule has 2 aromatic carbocycles. The average Bonchev–Trinajstić information content (AvgIpc) is 3.07. The molecule has 23 heavy (non-hydrogen) atoms. The third kappa shape index (κ3) is 3.84. The smallest absolute Gasteiger partial charge is 0.272 e. The molecule has 114 valence electrons. The van der Waals surface area contributed by atoms with E-state index in [9.17, 15) is 4.79 Å². The lowest BCUT2D eigenvalue weighted by molar-refractivity contribution is 0.0950. The van der Waals surface area contributed by atoms with E-state index in [0.717, 1.165) is 11.1 Å². The highest BCUT2D eigenvalue weighted by atomic mass is 35.5. The lowest BCUT2D eigenvalue weighted by Crippen LogP contribution is -2.17. The number of aromatic nitrogens is 2. The van der Waals surface area contributed by atoms with Crippen LogP contribution >= 0.6 is 11.6 Å². The number of benzene rings is 2. The minimum absolute atomic E-state index is 0.345. The first kappa shape index (κ1) is 15.0. The summed E-state index contributed by atoms with van der Waals surface area (Å²) in [5.41, 5.74) is 5.28. The fourth-order valence-electron chi connectivity index (χ4n) is 1.97. The fraction of sp³-hybridized carbons (Fsp3) is 0. The molecule has 0 aliphatic rings. The Hall–Kier alpha value is -2.92. The van der Waals surface area contributed by atoms with Crippen molar-refractivity contribution < 1.29 is 4.79 Å². The number of aromatic amines is 1. The Morgan fingerprint density at radius 2 is 1.87 bits per heavy atom. The van der Waals surface area contributed by atoms with E-state index >= 15 is 0 Å². The fourth-order valence-corrected chi connectivity index (χ4v) is 2.10. The third-order valence-corrected chi connectivity index (χ3v) is 3.39. The minimum Gasteiger partial charge on any atom is -0.272 e. The number of rotatable bonds is 4. The molecule has 0 saturated heterocycles. The maximum absolute atomic E-state index is 12.0. The Bertz CT molecular complexity index is 825. The molecule has 1 heterocycles. The average molecular weight is 325 g/mol. The Kier molecular flexibility index (Phi) is 4.49. The molecule has 3 rings (SSSR count). The summed E-state index contributed by atoms with van der Waals surface area (Å²) in [5, 5.41) is 11.4. The number of hydrogen-bond donors (Lipinski definition) is 2. The Balaban J connectivity index is 1.65. The summed E-state index contributed by atoms with van der Waals surface area (Å²) in [7, 11) is 0. The largest absolute Gasteiger partial charge is 0.289 e. The molecule has 1 aromatic heterocycles. The molecule has 0 saturated carbocycles. The zero-order valence-corrected chi connectivity index (χ0v) is 12.8. The van der Waals surface area contributed by atoms with Crippen LogP contribution in [0.3, 0.4) is 0 Å². The molecule has 3 aromatic rings. The van der Waals surface area contributed by atoms with Crippen LogP contribution in [-0.2, 0) is 0 Å². The molecule has 6 heteroatoms. The van der Waals surface area contributed by atoms with E-state index in [1.165, 1.54) is 0 Å². The molecule has 1 amide bonds. The van der Waals surface area contributed by atoms with Gasteiger partial charge in [0, 0.05) is 10.6 Å². The highest BCUT2D eigenvalue weighted by molar-refractivity contribution is 6.30. The summed E-state index contributed by atoms with van der Waals surface area (Å²) >= 11 is 5.80. The van der Waals surface area contributed by atoms with Gasteiger partial charge in [-0.05, 0) is 23.8 Å². The van der Waals surface area contributed by atoms with E-state index in [1.54, 1.807) is 24.4 Å². The van der Waals surface area contributed by atoms with E-state index in [2.05, 4.69) is 20.7 Å². The second kappa shape index (κ2) is 6.89. The number of nitrogens with zero attached hydrogens (tertiary/aromatic N) is 2. The van der Waals surface area contributed by atoms with Crippen LogP contribution in [0.4, 0.5) is 0 Å². The first-order valence-electron chi connectivity index (χ1n) is 6.92. The summed E-state index contributed by atoms with van der Waals surface area (Å²) in [4.78, 5) is 12.0. The van der Waals surface area contributed by atoms with Crippen LogP contribution in [0.5, 0.6) is 0 Å². The first-order valence-corrected chi connectivity index (χ1v) is 7.30. The highest BCUT2D eigenvalue weighted by Crippen LogP contribution is 2.16. The van der Waals surface area contributed by atoms with Crippen molar-refractivity contribution in [3.63, 3.8) is 0 Å². The molecule has 0 radical (unpaired) electrons. The van der Waals surface area contributed by atoms with Crippen molar-refractivity contribution in [1.29, 1.82) is 0 Å². The second-order valence-corrected chi connectivity index (χ2v) is 5.22. The molecule has 0 atom stereocenters. The molecule has 0 fully saturated rings. The van der Waals surface area contributed by atoms with Crippen LogP contribution in [0.25, 0.3) is 11.3 Å². The zero-order chi connectivity index (χ0) is 16.1. The van der Waals surface area contributed by atoms with Crippen molar-refractivity contribution >= 4 is 23.7 Å². The van der Waals surface area contributed by atoms with Crippen LogP contribution in [0, 0.1) is 0 Å². The molecule has 0 aliphatic heterocycles. The monoisotopic (exact) mass is 324 g/mol. The molecule has 5 nitrogen and oxygen atoms in total. The van der Waals surface area contributed by atoms with Crippen molar-refractivity contribution in [3.05, 3.63) is 76.9 Å². The Morgan fingerprint density at radius 3 is 2.61 bits per heavy atom. The predicted octanol–water partition coefficient (Wildman–Crippen LogP) is 3.49. The lowest BCUT2D eigenvalue weighted by Gasteiger charge is -1.96. The number of hydrogen-bond acceptors (Lipinski definition) is 3. The molecule has 0 aliphatic carbocycles. The maximum atomic E-state index is 12.0. The van der Waals surface area contributed by atoms with Gasteiger partial charge in [0.1, 0.15) is 5.69 Å². The summed E-state index contributed by atoms with van der Waals surface area (Å²) in [5.74, 6) is -0.357. The maximum Gasteiger partial charge on any atom is 0.289 e. The van der Waals surface area contributed by atoms with E-state index < -0.39 is 0 Å².